The lowest BCUT2D eigenvalue weighted by atomic mass is 10.1. The molecule has 0 radical (unpaired) electrons. The monoisotopic (exact) mass is 258 g/mol. The molecule has 0 aliphatic rings. The van der Waals surface area contributed by atoms with E-state index in [9.17, 15) is 18.0 Å². The molecule has 1 atom stereocenters. The lowest BCUT2D eigenvalue weighted by Crippen LogP contribution is -2.33. The number of nitriles is 1. The quantitative estimate of drug-likeness (QED) is 0.812. The molecule has 18 heavy (non-hydrogen) atoms. The molecular formula is C11H9F3N2O2. The van der Waals surface area contributed by atoms with Crippen molar-refractivity contribution in [2.75, 3.05) is 0 Å². The Hall–Kier alpha value is -2.23. The summed E-state index contributed by atoms with van der Waals surface area (Å²) in [4.78, 5) is 11.5. The summed E-state index contributed by atoms with van der Waals surface area (Å²) in [5, 5.41) is 19.5. The first-order chi connectivity index (χ1) is 8.38. The van der Waals surface area contributed by atoms with Gasteiger partial charge in [0.15, 0.2) is 17.4 Å². The van der Waals surface area contributed by atoms with Crippen LogP contribution in [0.4, 0.5) is 13.2 Å². The predicted octanol–water partition coefficient (Wildman–Crippen LogP) is 1.84. The molecule has 1 aromatic rings. The van der Waals surface area contributed by atoms with Crippen molar-refractivity contribution in [1.82, 2.24) is 5.32 Å². The highest BCUT2D eigenvalue weighted by molar-refractivity contribution is 5.95. The van der Waals surface area contributed by atoms with E-state index in [-0.39, 0.29) is 6.42 Å². The third-order valence-electron chi connectivity index (χ3n) is 2.15. The lowest BCUT2D eigenvalue weighted by molar-refractivity contribution is 0.0935. The van der Waals surface area contributed by atoms with Gasteiger partial charge in [-0.25, -0.2) is 8.78 Å². The van der Waals surface area contributed by atoms with E-state index in [0.717, 1.165) is 0 Å². The number of carbonyl (C=O) groups excluding carboxylic acids is 1. The van der Waals surface area contributed by atoms with Crippen LogP contribution in [0.25, 0.3) is 0 Å². The van der Waals surface area contributed by atoms with Gasteiger partial charge in [0.1, 0.15) is 0 Å². The SMILES string of the molecule is CC(CC#N)NC(=O)c1cc(F)c(F)c(O)c1F. The molecule has 1 rings (SSSR count). The number of phenolic OH excluding ortho intramolecular Hbond substituents is 1. The molecule has 4 nitrogen and oxygen atoms in total. The maximum atomic E-state index is 13.3. The molecule has 1 amide bonds. The van der Waals surface area contributed by atoms with Gasteiger partial charge in [0.25, 0.3) is 5.91 Å². The van der Waals surface area contributed by atoms with E-state index < -0.39 is 40.7 Å². The van der Waals surface area contributed by atoms with E-state index in [2.05, 4.69) is 5.32 Å². The lowest BCUT2D eigenvalue weighted by Gasteiger charge is -2.11. The summed E-state index contributed by atoms with van der Waals surface area (Å²) in [6.45, 7) is 1.48. The molecule has 1 aromatic carbocycles. The number of aromatic hydroxyl groups is 1. The van der Waals surface area contributed by atoms with Crippen molar-refractivity contribution in [3.8, 4) is 11.8 Å². The molecule has 0 aromatic heterocycles. The Labute approximate surface area is 101 Å². The Kier molecular flexibility index (Phi) is 4.15. The second kappa shape index (κ2) is 5.40. The summed E-state index contributed by atoms with van der Waals surface area (Å²) in [6, 6.07) is 1.54. The number of hydrogen-bond acceptors (Lipinski definition) is 3. The van der Waals surface area contributed by atoms with Crippen LogP contribution in [0.2, 0.25) is 0 Å². The summed E-state index contributed by atoms with van der Waals surface area (Å²) in [5.41, 5.74) is -0.823. The van der Waals surface area contributed by atoms with Gasteiger partial charge in [-0.05, 0) is 13.0 Å². The normalized spacial score (nSPS) is 11.7. The zero-order valence-corrected chi connectivity index (χ0v) is 9.30. The third kappa shape index (κ3) is 2.71. The van der Waals surface area contributed by atoms with E-state index in [1.165, 1.54) is 6.92 Å². The smallest absolute Gasteiger partial charge is 0.254 e. The summed E-state index contributed by atoms with van der Waals surface area (Å²) in [7, 11) is 0. The average molecular weight is 258 g/mol. The van der Waals surface area contributed by atoms with Gasteiger partial charge in [-0.3, -0.25) is 4.79 Å². The molecule has 0 bridgehead atoms. The minimum atomic E-state index is -1.76. The number of amides is 1. The molecule has 0 saturated heterocycles. The fraction of sp³-hybridized carbons (Fsp3) is 0.273. The van der Waals surface area contributed by atoms with Gasteiger partial charge >= 0.3 is 0 Å². The van der Waals surface area contributed by atoms with Crippen LogP contribution in [-0.2, 0) is 0 Å². The number of benzene rings is 1. The standard InChI is InChI=1S/C11H9F3N2O2/c1-5(2-3-15)16-11(18)6-4-7(12)9(14)10(17)8(6)13/h4-5,17H,2H2,1H3,(H,16,18). The highest BCUT2D eigenvalue weighted by atomic mass is 19.2. The maximum Gasteiger partial charge on any atom is 0.254 e. The number of nitrogens with zero attached hydrogens (tertiary/aromatic N) is 1. The molecule has 1 unspecified atom stereocenters. The highest BCUT2D eigenvalue weighted by Crippen LogP contribution is 2.25. The predicted molar refractivity (Wildman–Crippen MR) is 55.1 cm³/mol. The number of carbonyl (C=O) groups is 1. The van der Waals surface area contributed by atoms with Crippen LogP contribution < -0.4 is 5.32 Å². The van der Waals surface area contributed by atoms with Crippen LogP contribution >= 0.6 is 0 Å². The molecule has 0 heterocycles. The molecule has 7 heteroatoms. The number of nitrogens with one attached hydrogen (secondary N) is 1. The van der Waals surface area contributed by atoms with Gasteiger partial charge in [0.2, 0.25) is 5.82 Å². The number of hydrogen-bond donors (Lipinski definition) is 2. The Bertz CT molecular complexity index is 526. The van der Waals surface area contributed by atoms with Gasteiger partial charge < -0.3 is 10.4 Å². The summed E-state index contributed by atoms with van der Waals surface area (Å²) in [5.74, 6) is -7.42. The second-order valence-electron chi connectivity index (χ2n) is 3.62. The molecule has 96 valence electrons. The first kappa shape index (κ1) is 13.8. The Morgan fingerprint density at radius 2 is 2.11 bits per heavy atom. The minimum absolute atomic E-state index is 0.0248. The molecule has 2 N–H and O–H groups in total. The van der Waals surface area contributed by atoms with Crippen LogP contribution in [0.15, 0.2) is 6.07 Å². The first-order valence-electron chi connectivity index (χ1n) is 4.92. The molecule has 0 aliphatic carbocycles. The fourth-order valence-corrected chi connectivity index (χ4v) is 1.25. The average Bonchev–Trinajstić information content (AvgIpc) is 2.31. The largest absolute Gasteiger partial charge is 0.503 e. The Morgan fingerprint density at radius 3 is 2.67 bits per heavy atom. The van der Waals surface area contributed by atoms with Gasteiger partial charge in [0, 0.05) is 6.04 Å². The van der Waals surface area contributed by atoms with Crippen molar-refractivity contribution in [1.29, 1.82) is 5.26 Å². The van der Waals surface area contributed by atoms with Crippen molar-refractivity contribution in [3.63, 3.8) is 0 Å². The van der Waals surface area contributed by atoms with Crippen LogP contribution in [0, 0.1) is 28.8 Å². The highest BCUT2D eigenvalue weighted by Gasteiger charge is 2.23. The van der Waals surface area contributed by atoms with Crippen molar-refractivity contribution in [3.05, 3.63) is 29.1 Å². The van der Waals surface area contributed by atoms with Crippen LogP contribution in [-0.4, -0.2) is 17.1 Å². The Morgan fingerprint density at radius 1 is 1.50 bits per heavy atom. The Balaban J connectivity index is 3.04. The molecule has 0 spiro atoms. The molecule has 0 saturated carbocycles. The van der Waals surface area contributed by atoms with Gasteiger partial charge in [0.05, 0.1) is 18.1 Å². The zero-order valence-electron chi connectivity index (χ0n) is 9.30. The molecule has 0 fully saturated rings. The topological polar surface area (TPSA) is 73.1 Å². The summed E-state index contributed by atoms with van der Waals surface area (Å²) in [6.07, 6.45) is -0.0248. The van der Waals surface area contributed by atoms with Crippen molar-refractivity contribution in [2.45, 2.75) is 19.4 Å². The zero-order chi connectivity index (χ0) is 13.9. The van der Waals surface area contributed by atoms with E-state index in [1.54, 1.807) is 6.07 Å². The molecule has 0 aliphatic heterocycles. The minimum Gasteiger partial charge on any atom is -0.503 e. The van der Waals surface area contributed by atoms with E-state index >= 15 is 0 Å². The van der Waals surface area contributed by atoms with E-state index in [0.29, 0.717) is 6.07 Å². The third-order valence-corrected chi connectivity index (χ3v) is 2.15. The van der Waals surface area contributed by atoms with Crippen molar-refractivity contribution >= 4 is 5.91 Å². The summed E-state index contributed by atoms with van der Waals surface area (Å²) >= 11 is 0. The van der Waals surface area contributed by atoms with Gasteiger partial charge in [-0.15, -0.1) is 0 Å². The van der Waals surface area contributed by atoms with E-state index in [1.807, 2.05) is 0 Å². The van der Waals surface area contributed by atoms with Gasteiger partial charge in [-0.1, -0.05) is 0 Å². The van der Waals surface area contributed by atoms with Crippen LogP contribution in [0.3, 0.4) is 0 Å². The van der Waals surface area contributed by atoms with Crippen molar-refractivity contribution < 1.29 is 23.1 Å². The van der Waals surface area contributed by atoms with E-state index in [4.69, 9.17) is 10.4 Å². The van der Waals surface area contributed by atoms with Crippen LogP contribution in [0.1, 0.15) is 23.7 Å². The number of halogens is 3. The first-order valence-corrected chi connectivity index (χ1v) is 4.92. The second-order valence-corrected chi connectivity index (χ2v) is 3.62. The number of phenols is 1. The molecular weight excluding hydrogens is 249 g/mol. The maximum absolute atomic E-state index is 13.3. The fourth-order valence-electron chi connectivity index (χ4n) is 1.25. The number of rotatable bonds is 3. The van der Waals surface area contributed by atoms with Crippen LogP contribution in [0.5, 0.6) is 5.75 Å². The van der Waals surface area contributed by atoms with Crippen molar-refractivity contribution in [2.24, 2.45) is 0 Å². The summed E-state index contributed by atoms with van der Waals surface area (Å²) < 4.78 is 39.1. The van der Waals surface area contributed by atoms with Gasteiger partial charge in [-0.2, -0.15) is 9.65 Å².